The Balaban J connectivity index is 1.47. The summed E-state index contributed by atoms with van der Waals surface area (Å²) in [5.74, 6) is -0.287. The molecule has 4 rings (SSSR count). The zero-order valence-electron chi connectivity index (χ0n) is 15.3. The van der Waals surface area contributed by atoms with E-state index in [0.29, 0.717) is 43.9 Å². The zero-order valence-corrected chi connectivity index (χ0v) is 16.1. The van der Waals surface area contributed by atoms with Crippen LogP contribution in [0.1, 0.15) is 28.4 Å². The number of halogens is 1. The zero-order chi connectivity index (χ0) is 19.7. The molecule has 148 valence electrons. The molecule has 2 aromatic rings. The van der Waals surface area contributed by atoms with E-state index in [4.69, 9.17) is 4.74 Å². The van der Waals surface area contributed by atoms with Crippen LogP contribution < -0.4 is 4.31 Å². The molecule has 8 heteroatoms. The summed E-state index contributed by atoms with van der Waals surface area (Å²) in [6.07, 6.45) is 0.314. The van der Waals surface area contributed by atoms with Crippen molar-refractivity contribution >= 4 is 21.6 Å². The van der Waals surface area contributed by atoms with Crippen LogP contribution in [0.15, 0.2) is 48.5 Å². The highest BCUT2D eigenvalue weighted by Gasteiger charge is 2.29. The van der Waals surface area contributed by atoms with Gasteiger partial charge in [-0.2, -0.15) is 0 Å². The minimum atomic E-state index is -3.24. The van der Waals surface area contributed by atoms with Gasteiger partial charge in [0.25, 0.3) is 5.91 Å². The van der Waals surface area contributed by atoms with Gasteiger partial charge in [-0.25, -0.2) is 12.8 Å². The Hall–Kier alpha value is -2.45. The lowest BCUT2D eigenvalue weighted by Gasteiger charge is -2.33. The maximum Gasteiger partial charge on any atom is 0.254 e. The predicted octanol–water partition coefficient (Wildman–Crippen LogP) is 2.58. The van der Waals surface area contributed by atoms with Crippen molar-refractivity contribution in [2.24, 2.45) is 0 Å². The summed E-state index contributed by atoms with van der Waals surface area (Å²) in [6, 6.07) is 12.8. The molecule has 0 N–H and O–H groups in total. The molecule has 0 radical (unpaired) electrons. The molecule has 2 aromatic carbocycles. The molecule has 2 fully saturated rings. The van der Waals surface area contributed by atoms with Gasteiger partial charge in [0.15, 0.2) is 0 Å². The Kier molecular flexibility index (Phi) is 5.07. The van der Waals surface area contributed by atoms with Crippen LogP contribution in [0.5, 0.6) is 0 Å². The van der Waals surface area contributed by atoms with E-state index in [-0.39, 0.29) is 23.6 Å². The standard InChI is InChI=1S/C20H21FN2O4S/c21-17-6-2-15(3-7-17)19-14-22(11-12-27-19)20(24)16-4-8-18(9-5-16)23-10-1-13-28(23,25)26/h2-9,19H,1,10-14H2. The highest BCUT2D eigenvalue weighted by Crippen LogP contribution is 2.26. The first-order valence-electron chi connectivity index (χ1n) is 9.21. The predicted molar refractivity (Wildman–Crippen MR) is 103 cm³/mol. The SMILES string of the molecule is O=C(c1ccc(N2CCCS2(=O)=O)cc1)N1CCOC(c2ccc(F)cc2)C1. The number of hydrogen-bond acceptors (Lipinski definition) is 4. The number of benzene rings is 2. The van der Waals surface area contributed by atoms with E-state index in [1.54, 1.807) is 41.3 Å². The molecular weight excluding hydrogens is 383 g/mol. The third-order valence-electron chi connectivity index (χ3n) is 5.10. The van der Waals surface area contributed by atoms with E-state index in [1.807, 2.05) is 0 Å². The Morgan fingerprint density at radius 2 is 1.75 bits per heavy atom. The molecule has 0 saturated carbocycles. The first kappa shape index (κ1) is 18.9. The number of carbonyl (C=O) groups is 1. The number of morpholine rings is 1. The van der Waals surface area contributed by atoms with Crippen molar-refractivity contribution < 1.29 is 22.3 Å². The number of sulfonamides is 1. The van der Waals surface area contributed by atoms with Crippen molar-refractivity contribution in [1.29, 1.82) is 0 Å². The Morgan fingerprint density at radius 3 is 2.39 bits per heavy atom. The van der Waals surface area contributed by atoms with Crippen LogP contribution in [0.3, 0.4) is 0 Å². The van der Waals surface area contributed by atoms with Crippen LogP contribution in [0.2, 0.25) is 0 Å². The molecule has 0 aromatic heterocycles. The lowest BCUT2D eigenvalue weighted by Crippen LogP contribution is -2.42. The van der Waals surface area contributed by atoms with E-state index in [2.05, 4.69) is 0 Å². The van der Waals surface area contributed by atoms with Crippen molar-refractivity contribution in [3.05, 3.63) is 65.5 Å². The maximum absolute atomic E-state index is 13.1. The molecule has 0 spiro atoms. The Morgan fingerprint density at radius 1 is 1.04 bits per heavy atom. The smallest absolute Gasteiger partial charge is 0.254 e. The topological polar surface area (TPSA) is 66.9 Å². The van der Waals surface area contributed by atoms with Crippen molar-refractivity contribution in [2.45, 2.75) is 12.5 Å². The van der Waals surface area contributed by atoms with Gasteiger partial charge in [0.1, 0.15) is 11.9 Å². The van der Waals surface area contributed by atoms with Gasteiger partial charge < -0.3 is 9.64 Å². The number of amides is 1. The number of rotatable bonds is 3. The fourth-order valence-corrected chi connectivity index (χ4v) is 5.16. The molecule has 2 aliphatic rings. The summed E-state index contributed by atoms with van der Waals surface area (Å²) in [7, 11) is -3.24. The third-order valence-corrected chi connectivity index (χ3v) is 6.97. The molecule has 6 nitrogen and oxygen atoms in total. The molecule has 0 aliphatic carbocycles. The first-order valence-corrected chi connectivity index (χ1v) is 10.8. The lowest BCUT2D eigenvalue weighted by atomic mass is 10.1. The molecular formula is C20H21FN2O4S. The van der Waals surface area contributed by atoms with Gasteiger partial charge in [0.05, 0.1) is 24.6 Å². The van der Waals surface area contributed by atoms with E-state index < -0.39 is 10.0 Å². The van der Waals surface area contributed by atoms with Crippen molar-refractivity contribution in [3.8, 4) is 0 Å². The monoisotopic (exact) mass is 404 g/mol. The summed E-state index contributed by atoms with van der Waals surface area (Å²) in [4.78, 5) is 14.6. The van der Waals surface area contributed by atoms with Gasteiger partial charge in [-0.15, -0.1) is 0 Å². The van der Waals surface area contributed by atoms with Crippen LogP contribution >= 0.6 is 0 Å². The highest BCUT2D eigenvalue weighted by atomic mass is 32.2. The third kappa shape index (κ3) is 3.74. The van der Waals surface area contributed by atoms with Gasteiger partial charge in [0, 0.05) is 18.7 Å². The molecule has 2 aliphatic heterocycles. The molecule has 0 bridgehead atoms. The second-order valence-electron chi connectivity index (χ2n) is 6.95. The van der Waals surface area contributed by atoms with Gasteiger partial charge in [-0.1, -0.05) is 12.1 Å². The van der Waals surface area contributed by atoms with Crippen LogP contribution in [-0.4, -0.2) is 51.2 Å². The fraction of sp³-hybridized carbons (Fsp3) is 0.350. The number of anilines is 1. The van der Waals surface area contributed by atoms with Gasteiger partial charge >= 0.3 is 0 Å². The van der Waals surface area contributed by atoms with E-state index in [9.17, 15) is 17.6 Å². The van der Waals surface area contributed by atoms with Gasteiger partial charge in [-0.3, -0.25) is 9.10 Å². The summed E-state index contributed by atoms with van der Waals surface area (Å²) in [6.45, 7) is 1.72. The molecule has 2 saturated heterocycles. The van der Waals surface area contributed by atoms with Gasteiger partial charge in [0.2, 0.25) is 10.0 Å². The van der Waals surface area contributed by atoms with E-state index >= 15 is 0 Å². The number of hydrogen-bond donors (Lipinski definition) is 0. The summed E-state index contributed by atoms with van der Waals surface area (Å²) < 4.78 is 44.3. The van der Waals surface area contributed by atoms with Crippen LogP contribution in [0.4, 0.5) is 10.1 Å². The van der Waals surface area contributed by atoms with Crippen LogP contribution in [0, 0.1) is 5.82 Å². The molecule has 28 heavy (non-hydrogen) atoms. The maximum atomic E-state index is 13.1. The minimum absolute atomic E-state index is 0.133. The van der Waals surface area contributed by atoms with Crippen molar-refractivity contribution in [1.82, 2.24) is 4.90 Å². The summed E-state index contributed by atoms with van der Waals surface area (Å²) >= 11 is 0. The number of ether oxygens (including phenoxy) is 1. The molecule has 1 amide bonds. The van der Waals surface area contributed by atoms with Crippen LogP contribution in [-0.2, 0) is 14.8 Å². The second-order valence-corrected chi connectivity index (χ2v) is 8.96. The van der Waals surface area contributed by atoms with Gasteiger partial charge in [-0.05, 0) is 48.4 Å². The fourth-order valence-electron chi connectivity index (χ4n) is 3.60. The Labute approximate surface area is 163 Å². The lowest BCUT2D eigenvalue weighted by molar-refractivity contribution is -0.0228. The minimum Gasteiger partial charge on any atom is -0.370 e. The Bertz CT molecular complexity index is 961. The molecule has 2 heterocycles. The summed E-state index contributed by atoms with van der Waals surface area (Å²) in [5.41, 5.74) is 1.91. The molecule has 1 atom stereocenters. The van der Waals surface area contributed by atoms with Crippen LogP contribution in [0.25, 0.3) is 0 Å². The van der Waals surface area contributed by atoms with E-state index in [0.717, 1.165) is 5.56 Å². The largest absolute Gasteiger partial charge is 0.370 e. The number of nitrogens with zero attached hydrogens (tertiary/aromatic N) is 2. The summed E-state index contributed by atoms with van der Waals surface area (Å²) in [5, 5.41) is 0. The quantitative estimate of drug-likeness (QED) is 0.789. The normalized spacial score (nSPS) is 21.7. The van der Waals surface area contributed by atoms with Crippen molar-refractivity contribution in [2.75, 3.05) is 36.3 Å². The highest BCUT2D eigenvalue weighted by molar-refractivity contribution is 7.93. The van der Waals surface area contributed by atoms with Crippen molar-refractivity contribution in [3.63, 3.8) is 0 Å². The van der Waals surface area contributed by atoms with E-state index in [1.165, 1.54) is 16.4 Å². The number of carbonyl (C=O) groups excluding carboxylic acids is 1. The average molecular weight is 404 g/mol. The molecule has 1 unspecified atom stereocenters. The second kappa shape index (κ2) is 7.52. The average Bonchev–Trinajstić information content (AvgIpc) is 3.07. The first-order chi connectivity index (χ1) is 13.4.